The van der Waals surface area contributed by atoms with E-state index in [1.165, 1.54) is 0 Å². The minimum absolute atomic E-state index is 0.603. The lowest BCUT2D eigenvalue weighted by molar-refractivity contribution is 1.41. The number of hydrogen-bond acceptors (Lipinski definition) is 4. The number of aromatic nitrogens is 2. The molecule has 3 nitrogen and oxygen atoms in total. The largest absolute Gasteiger partial charge is 0.247 e. The highest BCUT2D eigenvalue weighted by molar-refractivity contribution is 7.21. The summed E-state index contributed by atoms with van der Waals surface area (Å²) in [6, 6.07) is 32.8. The minimum Gasteiger partial charge on any atom is -0.247 e. The highest BCUT2D eigenvalue weighted by Crippen LogP contribution is 2.36. The van der Waals surface area contributed by atoms with Crippen LogP contribution in [0.3, 0.4) is 0 Å². The fourth-order valence-corrected chi connectivity index (χ4v) is 5.02. The fourth-order valence-electron chi connectivity index (χ4n) is 4.07. The second-order valence-electron chi connectivity index (χ2n) is 7.42. The zero-order chi connectivity index (χ0) is 20.8. The van der Waals surface area contributed by atoms with Crippen LogP contribution in [0.5, 0.6) is 0 Å². The average molecular weight is 414 g/mol. The summed E-state index contributed by atoms with van der Waals surface area (Å²) in [5.74, 6) is 0. The molecule has 0 N–H and O–H groups in total. The molecule has 0 aliphatic rings. The molecule has 0 amide bonds. The third kappa shape index (κ3) is 2.95. The Kier molecular flexibility index (Phi) is 4.02. The standard InChI is InChI=1S/C27H15N3S/c28-16-17-13-18(15-19(14-17)27-30-24-11-5-6-12-25(24)31-27)26-22-9-2-1-7-20(22)21-8-3-4-10-23(21)29-26/h1-15H. The van der Waals surface area contributed by atoms with Crippen LogP contribution in [-0.2, 0) is 0 Å². The van der Waals surface area contributed by atoms with Crippen LogP contribution in [0.25, 0.3) is 53.7 Å². The molecule has 31 heavy (non-hydrogen) atoms. The molecular formula is C27H15N3S. The SMILES string of the molecule is N#Cc1cc(-c2nc3ccccc3s2)cc(-c2nc3ccccc3c3ccccc23)c1. The molecule has 0 aliphatic heterocycles. The molecule has 6 aromatic rings. The highest BCUT2D eigenvalue weighted by Gasteiger charge is 2.14. The number of para-hydroxylation sites is 2. The normalized spacial score (nSPS) is 11.2. The molecule has 2 heterocycles. The zero-order valence-electron chi connectivity index (χ0n) is 16.4. The summed E-state index contributed by atoms with van der Waals surface area (Å²) < 4.78 is 1.13. The van der Waals surface area contributed by atoms with Gasteiger partial charge in [0.25, 0.3) is 0 Å². The Bertz CT molecular complexity index is 1620. The summed E-state index contributed by atoms with van der Waals surface area (Å²) in [5.41, 5.74) is 5.27. The van der Waals surface area contributed by atoms with E-state index in [-0.39, 0.29) is 0 Å². The van der Waals surface area contributed by atoms with E-state index in [1.807, 2.05) is 54.6 Å². The van der Waals surface area contributed by atoms with Crippen molar-refractivity contribution in [2.75, 3.05) is 0 Å². The molecule has 0 saturated carbocycles. The molecule has 0 saturated heterocycles. The van der Waals surface area contributed by atoms with Crippen molar-refractivity contribution in [3.63, 3.8) is 0 Å². The number of fused-ring (bicyclic) bond motifs is 4. The Balaban J connectivity index is 1.64. The van der Waals surface area contributed by atoms with E-state index in [9.17, 15) is 5.26 Å². The van der Waals surface area contributed by atoms with Crippen molar-refractivity contribution >= 4 is 43.2 Å². The van der Waals surface area contributed by atoms with Gasteiger partial charge in [-0.3, -0.25) is 0 Å². The molecule has 0 fully saturated rings. The van der Waals surface area contributed by atoms with E-state index in [0.29, 0.717) is 5.56 Å². The summed E-state index contributed by atoms with van der Waals surface area (Å²) in [5, 5.41) is 14.0. The van der Waals surface area contributed by atoms with Crippen molar-refractivity contribution in [1.82, 2.24) is 9.97 Å². The number of benzene rings is 4. The van der Waals surface area contributed by atoms with Gasteiger partial charge in [-0.15, -0.1) is 11.3 Å². The van der Waals surface area contributed by atoms with Crippen molar-refractivity contribution in [2.45, 2.75) is 0 Å². The monoisotopic (exact) mass is 413 g/mol. The van der Waals surface area contributed by atoms with Crippen molar-refractivity contribution in [1.29, 1.82) is 5.26 Å². The fraction of sp³-hybridized carbons (Fsp3) is 0. The second kappa shape index (κ2) is 7.02. The van der Waals surface area contributed by atoms with E-state index in [4.69, 9.17) is 9.97 Å². The highest BCUT2D eigenvalue weighted by atomic mass is 32.1. The first-order valence-electron chi connectivity index (χ1n) is 9.99. The predicted octanol–water partition coefficient (Wildman–Crippen LogP) is 7.20. The Morgan fingerprint density at radius 3 is 2.13 bits per heavy atom. The third-order valence-corrected chi connectivity index (χ3v) is 6.57. The number of hydrogen-bond donors (Lipinski definition) is 0. The first kappa shape index (κ1) is 17.8. The van der Waals surface area contributed by atoms with Gasteiger partial charge >= 0.3 is 0 Å². The summed E-state index contributed by atoms with van der Waals surface area (Å²) >= 11 is 1.64. The first-order valence-corrected chi connectivity index (χ1v) is 10.8. The van der Waals surface area contributed by atoms with Gasteiger partial charge < -0.3 is 0 Å². The van der Waals surface area contributed by atoms with E-state index in [0.717, 1.165) is 53.7 Å². The summed E-state index contributed by atoms with van der Waals surface area (Å²) in [4.78, 5) is 9.79. The maximum atomic E-state index is 9.72. The summed E-state index contributed by atoms with van der Waals surface area (Å²) in [6.07, 6.45) is 0. The van der Waals surface area contributed by atoms with Gasteiger partial charge in [0.1, 0.15) is 5.01 Å². The molecule has 0 bridgehead atoms. The first-order chi connectivity index (χ1) is 15.3. The molecule has 4 heteroatoms. The van der Waals surface area contributed by atoms with E-state index in [2.05, 4.69) is 42.5 Å². The van der Waals surface area contributed by atoms with Crippen molar-refractivity contribution in [3.05, 3.63) is 96.6 Å². The molecule has 144 valence electrons. The third-order valence-electron chi connectivity index (χ3n) is 5.49. The van der Waals surface area contributed by atoms with Gasteiger partial charge in [-0.25, -0.2) is 9.97 Å². The van der Waals surface area contributed by atoms with Crippen LogP contribution < -0.4 is 0 Å². The van der Waals surface area contributed by atoms with Gasteiger partial charge in [-0.1, -0.05) is 54.6 Å². The number of nitrogens with zero attached hydrogens (tertiary/aromatic N) is 3. The van der Waals surface area contributed by atoms with Gasteiger partial charge in [-0.05, 0) is 41.8 Å². The van der Waals surface area contributed by atoms with Crippen LogP contribution in [-0.4, -0.2) is 9.97 Å². The Morgan fingerprint density at radius 2 is 1.32 bits per heavy atom. The second-order valence-corrected chi connectivity index (χ2v) is 8.45. The van der Waals surface area contributed by atoms with Crippen LogP contribution in [0.4, 0.5) is 0 Å². The molecule has 0 atom stereocenters. The molecule has 0 spiro atoms. The molecule has 2 aromatic heterocycles. The van der Waals surface area contributed by atoms with Crippen LogP contribution in [0.15, 0.2) is 91.0 Å². The van der Waals surface area contributed by atoms with Gasteiger partial charge in [0, 0.05) is 21.9 Å². The van der Waals surface area contributed by atoms with Crippen LogP contribution >= 0.6 is 11.3 Å². The topological polar surface area (TPSA) is 49.6 Å². The van der Waals surface area contributed by atoms with Crippen molar-refractivity contribution in [2.24, 2.45) is 0 Å². The summed E-state index contributed by atoms with van der Waals surface area (Å²) in [7, 11) is 0. The molecule has 0 unspecified atom stereocenters. The molecular weight excluding hydrogens is 398 g/mol. The number of nitriles is 1. The van der Waals surface area contributed by atoms with Gasteiger partial charge in [0.15, 0.2) is 0 Å². The molecule has 6 rings (SSSR count). The Hall–Kier alpha value is -4.07. The Morgan fingerprint density at radius 1 is 0.645 bits per heavy atom. The average Bonchev–Trinajstić information content (AvgIpc) is 3.28. The zero-order valence-corrected chi connectivity index (χ0v) is 17.2. The van der Waals surface area contributed by atoms with Crippen molar-refractivity contribution < 1.29 is 0 Å². The van der Waals surface area contributed by atoms with Gasteiger partial charge in [0.05, 0.1) is 33.1 Å². The maximum Gasteiger partial charge on any atom is 0.124 e. The van der Waals surface area contributed by atoms with E-state index in [1.54, 1.807) is 11.3 Å². The smallest absolute Gasteiger partial charge is 0.124 e. The molecule has 0 radical (unpaired) electrons. The van der Waals surface area contributed by atoms with Crippen molar-refractivity contribution in [3.8, 4) is 27.9 Å². The maximum absolute atomic E-state index is 9.72. The Labute approximate surface area is 182 Å². The van der Waals surface area contributed by atoms with E-state index >= 15 is 0 Å². The quantitative estimate of drug-likeness (QED) is 0.282. The molecule has 4 aromatic carbocycles. The number of rotatable bonds is 2. The molecule has 0 aliphatic carbocycles. The van der Waals surface area contributed by atoms with Crippen LogP contribution in [0.1, 0.15) is 5.56 Å². The van der Waals surface area contributed by atoms with Gasteiger partial charge in [-0.2, -0.15) is 5.26 Å². The lowest BCUT2D eigenvalue weighted by Gasteiger charge is -2.11. The number of pyridine rings is 1. The van der Waals surface area contributed by atoms with Crippen LogP contribution in [0, 0.1) is 11.3 Å². The lowest BCUT2D eigenvalue weighted by Crippen LogP contribution is -1.91. The van der Waals surface area contributed by atoms with Crippen LogP contribution in [0.2, 0.25) is 0 Å². The van der Waals surface area contributed by atoms with Gasteiger partial charge in [0.2, 0.25) is 0 Å². The lowest BCUT2D eigenvalue weighted by atomic mass is 9.97. The summed E-state index contributed by atoms with van der Waals surface area (Å²) in [6.45, 7) is 0. The predicted molar refractivity (Wildman–Crippen MR) is 128 cm³/mol. The minimum atomic E-state index is 0.603. The van der Waals surface area contributed by atoms with E-state index < -0.39 is 0 Å². The number of thiazole rings is 1.